The van der Waals surface area contributed by atoms with E-state index in [0.717, 1.165) is 12.5 Å². The monoisotopic (exact) mass is 528 g/mol. The molecular weight excluding hydrogens is 485 g/mol. The largest absolute Gasteiger partial charge is 0.493 e. The van der Waals surface area contributed by atoms with Crippen LogP contribution in [0.4, 0.5) is 0 Å². The van der Waals surface area contributed by atoms with Crippen molar-refractivity contribution in [3.05, 3.63) is 23.3 Å². The maximum Gasteiger partial charge on any atom is 0.331 e. The predicted molar refractivity (Wildman–Crippen MR) is 146 cm³/mol. The number of carboxylic acid groups (broad SMARTS) is 1. The molecule has 0 fully saturated rings. The smallest absolute Gasteiger partial charge is 0.331 e. The molecule has 0 aliphatic rings. The third kappa shape index (κ3) is 11.2. The molecule has 10 heteroatoms. The number of carbonyl (C=O) groups is 1. The van der Waals surface area contributed by atoms with Crippen molar-refractivity contribution < 1.29 is 33.0 Å². The maximum absolute atomic E-state index is 12.0. The predicted octanol–water partition coefficient (Wildman–Crippen LogP) is 5.17. The number of hydrogen-bond donors (Lipinski definition) is 1. The molecule has 0 aromatic heterocycles. The van der Waals surface area contributed by atoms with Crippen LogP contribution < -0.4 is 14.2 Å². The average molecular weight is 529 g/mol. The number of rotatable bonds is 15. The Bertz CT molecular complexity index is 788. The van der Waals surface area contributed by atoms with Gasteiger partial charge in [-0.3, -0.25) is 0 Å². The first-order chi connectivity index (χ1) is 15.7. The van der Waals surface area contributed by atoms with Gasteiger partial charge in [0.05, 0.1) is 30.8 Å². The zero-order chi connectivity index (χ0) is 26.1. The minimum absolute atomic E-state index is 0.0468. The zero-order valence-corrected chi connectivity index (χ0v) is 26.0. The Hall–Kier alpha value is -1.60. The second kappa shape index (κ2) is 13.5. The van der Waals surface area contributed by atoms with E-state index in [1.54, 1.807) is 32.4 Å². The van der Waals surface area contributed by atoms with Crippen LogP contribution in [0.1, 0.15) is 25.3 Å². The molecule has 0 heterocycles. The van der Waals surface area contributed by atoms with Crippen LogP contribution in [0, 0.1) is 5.92 Å². The minimum atomic E-state index is -1.69. The molecule has 0 saturated carbocycles. The number of aliphatic carboxylic acids is 1. The summed E-state index contributed by atoms with van der Waals surface area (Å²) in [4.78, 5) is 12.0. The van der Waals surface area contributed by atoms with Crippen LogP contribution in [-0.2, 0) is 13.6 Å². The van der Waals surface area contributed by atoms with Crippen molar-refractivity contribution in [1.29, 1.82) is 0 Å². The molecule has 34 heavy (non-hydrogen) atoms. The molecule has 0 spiro atoms. The molecule has 1 aromatic carbocycles. The summed E-state index contributed by atoms with van der Waals surface area (Å²) in [5.74, 6) is 0.899. The van der Waals surface area contributed by atoms with Crippen LogP contribution >= 0.6 is 0 Å². The fourth-order valence-electron chi connectivity index (χ4n) is 3.52. The van der Waals surface area contributed by atoms with E-state index >= 15 is 0 Å². The van der Waals surface area contributed by atoms with Crippen molar-refractivity contribution in [1.82, 2.24) is 0 Å². The number of carboxylic acids is 1. The van der Waals surface area contributed by atoms with Crippen molar-refractivity contribution >= 4 is 38.2 Å². The molecule has 0 aliphatic heterocycles. The number of methoxy groups -OCH3 is 3. The van der Waals surface area contributed by atoms with E-state index in [2.05, 4.69) is 46.2 Å². The second-order valence-corrected chi connectivity index (χ2v) is 21.3. The molecule has 0 radical (unpaired) electrons. The van der Waals surface area contributed by atoms with Crippen LogP contribution in [0.3, 0.4) is 0 Å². The van der Waals surface area contributed by atoms with Gasteiger partial charge in [-0.05, 0) is 81.8 Å². The van der Waals surface area contributed by atoms with E-state index in [1.807, 2.05) is 0 Å². The summed E-state index contributed by atoms with van der Waals surface area (Å²) < 4.78 is 28.8. The summed E-state index contributed by atoms with van der Waals surface area (Å²) in [5.41, 5.74) is 1.05. The third-order valence-electron chi connectivity index (χ3n) is 5.07. The van der Waals surface area contributed by atoms with Gasteiger partial charge in [0.1, 0.15) is 5.91 Å². The van der Waals surface area contributed by atoms with Crippen LogP contribution in [0.2, 0.25) is 45.3 Å². The SMILES string of the molecule is COc1cc(C=C(CCC(C)C[SiH2]C(O[Si](C)(C)C)O[Si](C)(C)C)C(=O)O)cc(OC)c1OC. The van der Waals surface area contributed by atoms with E-state index in [1.165, 1.54) is 7.11 Å². The lowest BCUT2D eigenvalue weighted by Gasteiger charge is -2.32. The first kappa shape index (κ1) is 30.4. The van der Waals surface area contributed by atoms with Gasteiger partial charge >= 0.3 is 5.97 Å². The first-order valence-corrected chi connectivity index (χ1v) is 20.4. The Kier molecular flexibility index (Phi) is 12.1. The molecule has 1 aromatic rings. The number of benzene rings is 1. The van der Waals surface area contributed by atoms with E-state index in [0.29, 0.717) is 40.7 Å². The summed E-state index contributed by atoms with van der Waals surface area (Å²) in [6, 6.07) is 4.57. The van der Waals surface area contributed by atoms with Gasteiger partial charge in [-0.2, -0.15) is 0 Å². The van der Waals surface area contributed by atoms with Gasteiger partial charge in [-0.25, -0.2) is 4.79 Å². The van der Waals surface area contributed by atoms with E-state index < -0.39 is 32.1 Å². The highest BCUT2D eigenvalue weighted by Crippen LogP contribution is 2.39. The first-order valence-electron chi connectivity index (χ1n) is 11.8. The van der Waals surface area contributed by atoms with Crippen molar-refractivity contribution in [2.75, 3.05) is 21.3 Å². The lowest BCUT2D eigenvalue weighted by atomic mass is 10.0. The lowest BCUT2D eigenvalue weighted by molar-refractivity contribution is -0.132. The van der Waals surface area contributed by atoms with Crippen LogP contribution in [0.5, 0.6) is 17.2 Å². The molecule has 7 nitrogen and oxygen atoms in total. The molecule has 194 valence electrons. The van der Waals surface area contributed by atoms with Crippen LogP contribution in [0.25, 0.3) is 6.08 Å². The standard InChI is InChI=1S/C24H44O7Si3/c1-17(16-32-24(30-33(5,6)7)31-34(8,9)10)11-12-19(23(25)26)13-18-14-20(27-2)22(29-4)21(15-18)28-3/h13-15,17,24H,11-12,16,32H2,1-10H3,(H,25,26). The van der Waals surface area contributed by atoms with Gasteiger partial charge < -0.3 is 28.2 Å². The average Bonchev–Trinajstić information content (AvgIpc) is 2.71. The normalized spacial score (nSPS) is 14.0. The fourth-order valence-corrected chi connectivity index (χ4v) is 10.4. The molecular formula is C24H44O7Si3. The fraction of sp³-hybridized carbons (Fsp3) is 0.625. The van der Waals surface area contributed by atoms with Gasteiger partial charge in [-0.1, -0.05) is 13.0 Å². The number of hydrogen-bond acceptors (Lipinski definition) is 6. The highest BCUT2D eigenvalue weighted by Gasteiger charge is 2.27. The molecule has 1 unspecified atom stereocenters. The van der Waals surface area contributed by atoms with Gasteiger partial charge in [0.2, 0.25) is 5.75 Å². The van der Waals surface area contributed by atoms with Crippen molar-refractivity contribution in [2.24, 2.45) is 5.92 Å². The van der Waals surface area contributed by atoms with Crippen LogP contribution in [0.15, 0.2) is 17.7 Å². The highest BCUT2D eigenvalue weighted by molar-refractivity contribution is 6.71. The molecule has 0 bridgehead atoms. The van der Waals surface area contributed by atoms with E-state index in [4.69, 9.17) is 23.1 Å². The topological polar surface area (TPSA) is 83.5 Å². The van der Waals surface area contributed by atoms with Crippen molar-refractivity contribution in [2.45, 2.75) is 71.0 Å². The van der Waals surface area contributed by atoms with Crippen molar-refractivity contribution in [3.63, 3.8) is 0 Å². The van der Waals surface area contributed by atoms with Gasteiger partial charge in [0, 0.05) is 5.57 Å². The second-order valence-electron chi connectivity index (χ2n) is 10.5. The number of ether oxygens (including phenoxy) is 3. The summed E-state index contributed by atoms with van der Waals surface area (Å²) >= 11 is 0. The summed E-state index contributed by atoms with van der Waals surface area (Å²) in [5, 5.41) is 9.80. The van der Waals surface area contributed by atoms with Gasteiger partial charge in [0.25, 0.3) is 0 Å². The molecule has 1 N–H and O–H groups in total. The van der Waals surface area contributed by atoms with Crippen LogP contribution in [-0.4, -0.2) is 64.5 Å². The van der Waals surface area contributed by atoms with Crippen molar-refractivity contribution in [3.8, 4) is 17.2 Å². The maximum atomic E-state index is 12.0. The molecule has 0 amide bonds. The Balaban J connectivity index is 2.89. The molecule has 1 rings (SSSR count). The summed E-state index contributed by atoms with van der Waals surface area (Å²) in [7, 11) is 0.617. The van der Waals surface area contributed by atoms with E-state index in [9.17, 15) is 9.90 Å². The summed E-state index contributed by atoms with van der Waals surface area (Å²) in [6.45, 7) is 15.3. The molecule has 0 saturated heterocycles. The third-order valence-corrected chi connectivity index (χ3v) is 9.80. The van der Waals surface area contributed by atoms with Gasteiger partial charge in [0.15, 0.2) is 28.1 Å². The molecule has 0 aliphatic carbocycles. The minimum Gasteiger partial charge on any atom is -0.493 e. The zero-order valence-electron chi connectivity index (χ0n) is 22.6. The summed E-state index contributed by atoms with van der Waals surface area (Å²) in [6.07, 6.45) is 2.96. The van der Waals surface area contributed by atoms with E-state index in [-0.39, 0.29) is 5.91 Å². The lowest BCUT2D eigenvalue weighted by Crippen LogP contribution is -2.43. The Labute approximate surface area is 209 Å². The quantitative estimate of drug-likeness (QED) is 0.191. The Morgan fingerprint density at radius 3 is 1.85 bits per heavy atom. The van der Waals surface area contributed by atoms with Gasteiger partial charge in [-0.15, -0.1) is 0 Å². The highest BCUT2D eigenvalue weighted by atomic mass is 28.4. The Morgan fingerprint density at radius 2 is 1.47 bits per heavy atom. The Morgan fingerprint density at radius 1 is 0.971 bits per heavy atom. The molecule has 1 atom stereocenters.